The van der Waals surface area contributed by atoms with Gasteiger partial charge in [-0.25, -0.2) is 4.98 Å². The molecule has 0 atom stereocenters. The van der Waals surface area contributed by atoms with Crippen molar-refractivity contribution < 1.29 is 13.2 Å². The summed E-state index contributed by atoms with van der Waals surface area (Å²) in [5.41, 5.74) is 2.89. The molecule has 0 aromatic carbocycles. The van der Waals surface area contributed by atoms with Gasteiger partial charge in [-0.05, 0) is 15.9 Å². The van der Waals surface area contributed by atoms with Crippen molar-refractivity contribution in [2.24, 2.45) is 0 Å². The van der Waals surface area contributed by atoms with Gasteiger partial charge in [-0.2, -0.15) is 13.2 Å². The van der Waals surface area contributed by atoms with E-state index in [1.807, 2.05) is 0 Å². The molecular formula is C8H5BrF3N3O. The Morgan fingerprint density at radius 1 is 1.56 bits per heavy atom. The van der Waals surface area contributed by atoms with Gasteiger partial charge < -0.3 is 5.73 Å². The monoisotopic (exact) mass is 295 g/mol. The second-order valence-electron chi connectivity index (χ2n) is 2.73. The van der Waals surface area contributed by atoms with Crippen molar-refractivity contribution in [3.05, 3.63) is 20.5 Å². The van der Waals surface area contributed by atoms with E-state index in [-0.39, 0.29) is 6.54 Å². The Kier molecular flexibility index (Phi) is 3.28. The molecule has 1 rings (SSSR count). The number of halogens is 4. The van der Waals surface area contributed by atoms with Gasteiger partial charge in [0.2, 0.25) is 5.95 Å². The fourth-order valence-electron chi connectivity index (χ4n) is 0.980. The average molecular weight is 296 g/mol. The average Bonchev–Trinajstić information content (AvgIpc) is 2.16. The van der Waals surface area contributed by atoms with E-state index >= 15 is 0 Å². The van der Waals surface area contributed by atoms with Crippen LogP contribution in [0, 0.1) is 12.3 Å². The zero-order chi connectivity index (χ0) is 12.5. The third-order valence-corrected chi connectivity index (χ3v) is 2.38. The van der Waals surface area contributed by atoms with Gasteiger partial charge in [0.1, 0.15) is 4.47 Å². The Morgan fingerprint density at radius 3 is 2.56 bits per heavy atom. The molecule has 86 valence electrons. The first-order chi connectivity index (χ1) is 7.29. The van der Waals surface area contributed by atoms with Crippen LogP contribution < -0.4 is 11.3 Å². The largest absolute Gasteiger partial charge is 0.434 e. The van der Waals surface area contributed by atoms with E-state index in [0.717, 1.165) is 4.57 Å². The summed E-state index contributed by atoms with van der Waals surface area (Å²) in [4.78, 5) is 14.5. The van der Waals surface area contributed by atoms with Crippen LogP contribution in [-0.2, 0) is 12.7 Å². The summed E-state index contributed by atoms with van der Waals surface area (Å²) >= 11 is 2.53. The molecule has 0 aliphatic heterocycles. The molecule has 1 aromatic heterocycles. The standard InChI is InChI=1S/C8H5BrF3N3O/c1-2-3-15-6(16)4(9)5(8(10,11)12)14-7(15)13/h1H,3H2,(H2,13,14). The van der Waals surface area contributed by atoms with Crippen LogP contribution in [0.5, 0.6) is 0 Å². The van der Waals surface area contributed by atoms with E-state index < -0.39 is 27.9 Å². The van der Waals surface area contributed by atoms with Crippen LogP contribution in [0.15, 0.2) is 9.27 Å². The lowest BCUT2D eigenvalue weighted by atomic mass is 10.4. The summed E-state index contributed by atoms with van der Waals surface area (Å²) in [5.74, 6) is 1.52. The summed E-state index contributed by atoms with van der Waals surface area (Å²) in [5, 5.41) is 0. The van der Waals surface area contributed by atoms with E-state index in [9.17, 15) is 18.0 Å². The molecule has 0 unspecified atom stereocenters. The van der Waals surface area contributed by atoms with Crippen molar-refractivity contribution in [3.8, 4) is 12.3 Å². The van der Waals surface area contributed by atoms with Crippen molar-refractivity contribution in [2.75, 3.05) is 5.73 Å². The number of nitrogens with zero attached hydrogens (tertiary/aromatic N) is 2. The Morgan fingerprint density at radius 2 is 2.12 bits per heavy atom. The normalized spacial score (nSPS) is 11.2. The predicted molar refractivity (Wildman–Crippen MR) is 54.4 cm³/mol. The molecule has 0 spiro atoms. The quantitative estimate of drug-likeness (QED) is 0.793. The smallest absolute Gasteiger partial charge is 0.369 e. The van der Waals surface area contributed by atoms with E-state index in [4.69, 9.17) is 12.2 Å². The first kappa shape index (κ1) is 12.6. The Labute approximate surface area is 96.4 Å². The van der Waals surface area contributed by atoms with Crippen molar-refractivity contribution in [2.45, 2.75) is 12.7 Å². The van der Waals surface area contributed by atoms with Gasteiger partial charge in [-0.1, -0.05) is 5.92 Å². The molecule has 1 heterocycles. The highest BCUT2D eigenvalue weighted by Crippen LogP contribution is 2.31. The first-order valence-corrected chi connectivity index (χ1v) is 4.64. The maximum atomic E-state index is 12.4. The summed E-state index contributed by atoms with van der Waals surface area (Å²) < 4.78 is 37.2. The van der Waals surface area contributed by atoms with Crippen LogP contribution in [-0.4, -0.2) is 9.55 Å². The van der Waals surface area contributed by atoms with E-state index in [0.29, 0.717) is 0 Å². The number of anilines is 1. The van der Waals surface area contributed by atoms with Gasteiger partial charge in [0, 0.05) is 0 Å². The molecule has 1 aromatic rings. The minimum absolute atomic E-state index is 0.242. The summed E-state index contributed by atoms with van der Waals surface area (Å²) in [6, 6.07) is 0. The zero-order valence-electron chi connectivity index (χ0n) is 7.68. The molecule has 0 bridgehead atoms. The molecule has 8 heteroatoms. The molecular weight excluding hydrogens is 291 g/mol. The molecule has 0 fully saturated rings. The lowest BCUT2D eigenvalue weighted by Gasteiger charge is -2.11. The predicted octanol–water partition coefficient (Wildman–Crippen LogP) is 1.24. The second kappa shape index (κ2) is 4.17. The van der Waals surface area contributed by atoms with Crippen LogP contribution >= 0.6 is 15.9 Å². The van der Waals surface area contributed by atoms with Crippen molar-refractivity contribution in [1.29, 1.82) is 0 Å². The lowest BCUT2D eigenvalue weighted by molar-refractivity contribution is -0.141. The molecule has 2 N–H and O–H groups in total. The number of aromatic nitrogens is 2. The number of hydrogen-bond donors (Lipinski definition) is 1. The summed E-state index contributed by atoms with van der Waals surface area (Å²) in [7, 11) is 0. The third kappa shape index (κ3) is 2.19. The molecule has 0 amide bonds. The highest BCUT2D eigenvalue weighted by molar-refractivity contribution is 9.10. The third-order valence-electron chi connectivity index (χ3n) is 1.66. The van der Waals surface area contributed by atoms with Crippen LogP contribution in [0.2, 0.25) is 0 Å². The fourth-order valence-corrected chi connectivity index (χ4v) is 1.51. The topological polar surface area (TPSA) is 60.9 Å². The second-order valence-corrected chi connectivity index (χ2v) is 3.52. The maximum absolute atomic E-state index is 12.4. The van der Waals surface area contributed by atoms with Gasteiger partial charge in [0.05, 0.1) is 6.54 Å². The maximum Gasteiger partial charge on any atom is 0.434 e. The number of nitrogens with two attached hydrogens (primary N) is 1. The van der Waals surface area contributed by atoms with E-state index in [1.165, 1.54) is 0 Å². The van der Waals surface area contributed by atoms with Crippen LogP contribution in [0.25, 0.3) is 0 Å². The van der Waals surface area contributed by atoms with Crippen LogP contribution in [0.3, 0.4) is 0 Å². The number of alkyl halides is 3. The van der Waals surface area contributed by atoms with Gasteiger partial charge >= 0.3 is 6.18 Å². The molecule has 0 saturated heterocycles. The minimum Gasteiger partial charge on any atom is -0.369 e. The van der Waals surface area contributed by atoms with Crippen molar-refractivity contribution in [1.82, 2.24) is 9.55 Å². The molecule has 16 heavy (non-hydrogen) atoms. The summed E-state index contributed by atoms with van der Waals surface area (Å²) in [6.45, 7) is -0.242. The highest BCUT2D eigenvalue weighted by Gasteiger charge is 2.37. The molecule has 0 saturated carbocycles. The number of rotatable bonds is 1. The number of nitrogen functional groups attached to an aromatic ring is 1. The minimum atomic E-state index is -4.75. The van der Waals surface area contributed by atoms with E-state index in [1.54, 1.807) is 0 Å². The van der Waals surface area contributed by atoms with Crippen molar-refractivity contribution >= 4 is 21.9 Å². The molecule has 0 radical (unpaired) electrons. The van der Waals surface area contributed by atoms with Gasteiger partial charge in [-0.3, -0.25) is 9.36 Å². The zero-order valence-corrected chi connectivity index (χ0v) is 9.26. The fraction of sp³-hybridized carbons (Fsp3) is 0.250. The lowest BCUT2D eigenvalue weighted by Crippen LogP contribution is -2.28. The Bertz CT molecular complexity index is 515. The van der Waals surface area contributed by atoms with Gasteiger partial charge in [0.25, 0.3) is 5.56 Å². The SMILES string of the molecule is C#CCn1c(N)nc(C(F)(F)F)c(Br)c1=O. The van der Waals surface area contributed by atoms with Crippen LogP contribution in [0.4, 0.5) is 19.1 Å². The van der Waals surface area contributed by atoms with Crippen LogP contribution in [0.1, 0.15) is 5.69 Å². The molecule has 4 nitrogen and oxygen atoms in total. The van der Waals surface area contributed by atoms with Crippen molar-refractivity contribution in [3.63, 3.8) is 0 Å². The van der Waals surface area contributed by atoms with Gasteiger partial charge in [0.15, 0.2) is 5.69 Å². The highest BCUT2D eigenvalue weighted by atomic mass is 79.9. The Balaban J connectivity index is 3.53. The Hall–Kier alpha value is -1.49. The van der Waals surface area contributed by atoms with Gasteiger partial charge in [-0.15, -0.1) is 6.42 Å². The first-order valence-electron chi connectivity index (χ1n) is 3.85. The molecule has 0 aliphatic carbocycles. The number of hydrogen-bond acceptors (Lipinski definition) is 3. The number of terminal acetylenes is 1. The van der Waals surface area contributed by atoms with E-state index in [2.05, 4.69) is 26.8 Å². The summed E-state index contributed by atoms with van der Waals surface area (Å²) in [6.07, 6.45) is 0.193. The molecule has 0 aliphatic rings.